The molecule has 0 saturated heterocycles. The van der Waals surface area contributed by atoms with Gasteiger partial charge < -0.3 is 10.2 Å². The van der Waals surface area contributed by atoms with Crippen molar-refractivity contribution in [2.45, 2.75) is 0 Å². The summed E-state index contributed by atoms with van der Waals surface area (Å²) < 4.78 is 0.285. The first-order valence-corrected chi connectivity index (χ1v) is 3.96. The summed E-state index contributed by atoms with van der Waals surface area (Å²) in [5.41, 5.74) is -0.217. The van der Waals surface area contributed by atoms with Gasteiger partial charge in [-0.05, 0) is 22.6 Å². The van der Waals surface area contributed by atoms with Gasteiger partial charge in [-0.1, -0.05) is 0 Å². The summed E-state index contributed by atoms with van der Waals surface area (Å²) in [4.78, 5) is 9.67. The monoisotopic (exact) mass is 281 g/mol. The minimum absolute atomic E-state index is 0.217. The molecule has 0 aliphatic heterocycles. The average Bonchev–Trinajstić information content (AvgIpc) is 1.96. The van der Waals surface area contributed by atoms with Crippen LogP contribution < -0.4 is 0 Å². The second-order valence-corrected chi connectivity index (χ2v) is 3.21. The van der Waals surface area contributed by atoms with Crippen LogP contribution in [0.1, 0.15) is 0 Å². The number of benzene rings is 1. The van der Waals surface area contributed by atoms with E-state index in [0.717, 1.165) is 12.1 Å². The fraction of sp³-hybridized carbons (Fsp3) is 0. The number of phenols is 2. The highest BCUT2D eigenvalue weighted by molar-refractivity contribution is 14.1. The fourth-order valence-electron chi connectivity index (χ4n) is 0.680. The minimum atomic E-state index is -0.624. The Morgan fingerprint density at radius 1 is 1.33 bits per heavy atom. The molecular formula is C6H4INO4. The maximum Gasteiger partial charge on any atom is 0.286 e. The second-order valence-electron chi connectivity index (χ2n) is 2.05. The molecular weight excluding hydrogens is 277 g/mol. The van der Waals surface area contributed by atoms with Gasteiger partial charge in [0.2, 0.25) is 0 Å². The molecule has 0 radical (unpaired) electrons. The van der Waals surface area contributed by atoms with Crippen molar-refractivity contribution in [1.82, 2.24) is 0 Å². The zero-order chi connectivity index (χ0) is 9.30. The highest BCUT2D eigenvalue weighted by Gasteiger charge is 2.15. The molecule has 1 aromatic carbocycles. The average molecular weight is 281 g/mol. The molecule has 0 unspecified atom stereocenters. The lowest BCUT2D eigenvalue weighted by Crippen LogP contribution is -1.90. The Balaban J connectivity index is 3.33. The molecule has 64 valence electrons. The van der Waals surface area contributed by atoms with Crippen molar-refractivity contribution in [3.8, 4) is 11.5 Å². The van der Waals surface area contributed by atoms with Gasteiger partial charge in [0.1, 0.15) is 0 Å². The lowest BCUT2D eigenvalue weighted by atomic mass is 10.3. The van der Waals surface area contributed by atoms with E-state index in [1.54, 1.807) is 22.6 Å². The molecule has 1 aromatic rings. The first-order chi connectivity index (χ1) is 5.52. The quantitative estimate of drug-likeness (QED) is 0.354. The van der Waals surface area contributed by atoms with Crippen molar-refractivity contribution < 1.29 is 15.1 Å². The molecule has 0 aliphatic rings. The lowest BCUT2D eigenvalue weighted by molar-refractivity contribution is -0.385. The van der Waals surface area contributed by atoms with Crippen molar-refractivity contribution in [2.24, 2.45) is 0 Å². The van der Waals surface area contributed by atoms with E-state index in [1.807, 2.05) is 0 Å². The van der Waals surface area contributed by atoms with Gasteiger partial charge >= 0.3 is 0 Å². The molecule has 0 aliphatic carbocycles. The molecule has 6 heteroatoms. The van der Waals surface area contributed by atoms with Crippen LogP contribution in [0.15, 0.2) is 12.1 Å². The number of rotatable bonds is 1. The maximum atomic E-state index is 10.3. The number of nitro benzene ring substituents is 1. The smallest absolute Gasteiger partial charge is 0.286 e. The van der Waals surface area contributed by atoms with Crippen LogP contribution in [-0.2, 0) is 0 Å². The van der Waals surface area contributed by atoms with Crippen LogP contribution in [0.25, 0.3) is 0 Å². The molecule has 0 fully saturated rings. The summed E-state index contributed by atoms with van der Waals surface area (Å²) >= 11 is 1.71. The van der Waals surface area contributed by atoms with Gasteiger partial charge in [0.15, 0.2) is 11.5 Å². The van der Waals surface area contributed by atoms with Crippen LogP contribution in [0, 0.1) is 13.7 Å². The van der Waals surface area contributed by atoms with Gasteiger partial charge in [-0.15, -0.1) is 0 Å². The number of hydrogen-bond acceptors (Lipinski definition) is 4. The SMILES string of the molecule is O=[N+]([O-])c1cc(O)c(O)cc1I. The van der Waals surface area contributed by atoms with Crippen molar-refractivity contribution in [3.63, 3.8) is 0 Å². The summed E-state index contributed by atoms with van der Waals surface area (Å²) in [6, 6.07) is 2.05. The van der Waals surface area contributed by atoms with E-state index >= 15 is 0 Å². The highest BCUT2D eigenvalue weighted by atomic mass is 127. The predicted molar refractivity (Wildman–Crippen MR) is 49.1 cm³/mol. The molecule has 0 atom stereocenters. The van der Waals surface area contributed by atoms with Gasteiger partial charge in [-0.2, -0.15) is 0 Å². The third kappa shape index (κ3) is 1.58. The van der Waals surface area contributed by atoms with Gasteiger partial charge in [0.25, 0.3) is 5.69 Å². The van der Waals surface area contributed by atoms with Crippen molar-refractivity contribution in [1.29, 1.82) is 0 Å². The van der Waals surface area contributed by atoms with Crippen LogP contribution in [0.4, 0.5) is 5.69 Å². The summed E-state index contributed by atoms with van der Waals surface area (Å²) in [6.45, 7) is 0. The fourth-order valence-corrected chi connectivity index (χ4v) is 1.33. The number of phenolic OH excluding ortho intramolecular Hbond substituents is 2. The molecule has 1 rings (SSSR count). The normalized spacial score (nSPS) is 9.75. The van der Waals surface area contributed by atoms with E-state index < -0.39 is 10.7 Å². The van der Waals surface area contributed by atoms with E-state index in [1.165, 1.54) is 0 Å². The molecule has 2 N–H and O–H groups in total. The standard InChI is InChI=1S/C6H4INO4/c7-3-1-5(9)6(10)2-4(3)8(11)12/h1-2,9-10H. The third-order valence-electron chi connectivity index (χ3n) is 1.24. The van der Waals surface area contributed by atoms with E-state index in [2.05, 4.69) is 0 Å². The number of halogens is 1. The van der Waals surface area contributed by atoms with Crippen LogP contribution in [0.2, 0.25) is 0 Å². The highest BCUT2D eigenvalue weighted by Crippen LogP contribution is 2.33. The molecule has 0 bridgehead atoms. The number of aromatic hydroxyl groups is 2. The Kier molecular flexibility index (Phi) is 2.36. The van der Waals surface area contributed by atoms with Crippen molar-refractivity contribution in [3.05, 3.63) is 25.8 Å². The Labute approximate surface area is 80.9 Å². The molecule has 0 spiro atoms. The summed E-state index contributed by atoms with van der Waals surface area (Å²) in [5.74, 6) is -0.841. The summed E-state index contributed by atoms with van der Waals surface area (Å²) in [7, 11) is 0. The topological polar surface area (TPSA) is 83.6 Å². The molecule has 0 amide bonds. The number of nitro groups is 1. The minimum Gasteiger partial charge on any atom is -0.504 e. The molecule has 5 nitrogen and oxygen atoms in total. The van der Waals surface area contributed by atoms with Crippen LogP contribution >= 0.6 is 22.6 Å². The van der Waals surface area contributed by atoms with Crippen molar-refractivity contribution in [2.75, 3.05) is 0 Å². The largest absolute Gasteiger partial charge is 0.504 e. The van der Waals surface area contributed by atoms with E-state index in [4.69, 9.17) is 10.2 Å². The number of hydrogen-bond donors (Lipinski definition) is 2. The Hall–Kier alpha value is -1.05. The van der Waals surface area contributed by atoms with E-state index in [-0.39, 0.29) is 15.0 Å². The van der Waals surface area contributed by atoms with Gasteiger partial charge in [-0.3, -0.25) is 10.1 Å². The molecule has 12 heavy (non-hydrogen) atoms. The second kappa shape index (κ2) is 3.13. The third-order valence-corrected chi connectivity index (χ3v) is 2.10. The Morgan fingerprint density at radius 2 is 1.83 bits per heavy atom. The predicted octanol–water partition coefficient (Wildman–Crippen LogP) is 1.61. The van der Waals surface area contributed by atoms with Crippen molar-refractivity contribution >= 4 is 28.3 Å². The Morgan fingerprint density at radius 3 is 2.33 bits per heavy atom. The summed E-state index contributed by atoms with van der Waals surface area (Å²) in [6.07, 6.45) is 0. The zero-order valence-electron chi connectivity index (χ0n) is 5.69. The van der Waals surface area contributed by atoms with Gasteiger partial charge in [0.05, 0.1) is 14.6 Å². The van der Waals surface area contributed by atoms with Gasteiger partial charge in [0, 0.05) is 6.07 Å². The zero-order valence-corrected chi connectivity index (χ0v) is 7.85. The van der Waals surface area contributed by atoms with Crippen LogP contribution in [-0.4, -0.2) is 15.1 Å². The van der Waals surface area contributed by atoms with Crippen LogP contribution in [0.3, 0.4) is 0 Å². The molecule has 0 heterocycles. The Bertz CT molecular complexity index is 339. The molecule has 0 aromatic heterocycles. The first kappa shape index (κ1) is 9.04. The summed E-state index contributed by atoms with van der Waals surface area (Å²) in [5, 5.41) is 28.1. The van der Waals surface area contributed by atoms with E-state index in [0.29, 0.717) is 0 Å². The first-order valence-electron chi connectivity index (χ1n) is 2.88. The van der Waals surface area contributed by atoms with E-state index in [9.17, 15) is 10.1 Å². The lowest BCUT2D eigenvalue weighted by Gasteiger charge is -1.98. The number of nitrogens with zero attached hydrogens (tertiary/aromatic N) is 1. The molecule has 0 saturated carbocycles. The maximum absolute atomic E-state index is 10.3. The van der Waals surface area contributed by atoms with Crippen LogP contribution in [0.5, 0.6) is 11.5 Å². The van der Waals surface area contributed by atoms with Gasteiger partial charge in [-0.25, -0.2) is 0 Å².